The Labute approximate surface area is 59.7 Å². The zero-order chi connectivity index (χ0) is 4.50. The van der Waals surface area contributed by atoms with E-state index in [1.165, 1.54) is 0 Å². The van der Waals surface area contributed by atoms with Gasteiger partial charge < -0.3 is 19.2 Å². The van der Waals surface area contributed by atoms with E-state index >= 15 is 0 Å². The van der Waals surface area contributed by atoms with E-state index in [1.54, 1.807) is 0 Å². The fourth-order valence-electron chi connectivity index (χ4n) is 0. The van der Waals surface area contributed by atoms with Gasteiger partial charge in [-0.15, -0.1) is 0 Å². The van der Waals surface area contributed by atoms with Crippen molar-refractivity contribution >= 4 is 7.82 Å². The summed E-state index contributed by atoms with van der Waals surface area (Å²) >= 11 is 0. The molecule has 0 spiro atoms. The van der Waals surface area contributed by atoms with Crippen molar-refractivity contribution in [1.29, 1.82) is 0 Å². The summed E-state index contributed by atoms with van der Waals surface area (Å²) in [5, 5.41) is 0. The van der Waals surface area contributed by atoms with Crippen molar-refractivity contribution in [2.24, 2.45) is 0 Å². The molecule has 0 N–H and O–H groups in total. The predicted octanol–water partition coefficient (Wildman–Crippen LogP) is -2.83. The van der Waals surface area contributed by atoms with Crippen LogP contribution in [-0.2, 0) is 37.3 Å². The van der Waals surface area contributed by atoms with Crippen molar-refractivity contribution in [3.63, 3.8) is 0 Å². The minimum absolute atomic E-state index is 0. The SMILES string of the molecule is O=P([O-])([O-])[O-].[90Y+3]. The van der Waals surface area contributed by atoms with Crippen LogP contribution in [0.15, 0.2) is 0 Å². The first-order chi connectivity index (χ1) is 2.00. The van der Waals surface area contributed by atoms with Gasteiger partial charge in [0.1, 0.15) is 0 Å². The van der Waals surface area contributed by atoms with Gasteiger partial charge in [-0.3, -0.25) is 0 Å². The summed E-state index contributed by atoms with van der Waals surface area (Å²) in [6.45, 7) is 0. The second-order valence-corrected chi connectivity index (χ2v) is 1.34. The third-order valence-corrected chi connectivity index (χ3v) is 0. The standard InChI is InChI=1S/H3O4P.Y/c1-5(2,3)4;/h(H3,1,2,3,4);/q;+3/p-3/i;1+1. The van der Waals surface area contributed by atoms with Gasteiger partial charge in [-0.1, -0.05) is 0 Å². The van der Waals surface area contributed by atoms with Crippen LogP contribution in [0.25, 0.3) is 0 Å². The number of hydrogen-bond donors (Lipinski definition) is 0. The van der Waals surface area contributed by atoms with Gasteiger partial charge in [0.05, 0.1) is 0 Å². The molecule has 0 radical (unpaired) electrons. The van der Waals surface area contributed by atoms with E-state index in [1.807, 2.05) is 0 Å². The van der Waals surface area contributed by atoms with Crippen molar-refractivity contribution < 1.29 is 52.0 Å². The minimum atomic E-state index is -5.39. The molecule has 6 heteroatoms. The normalized spacial score (nSPS) is 9.83. The molecular formula is O4PY. The fraction of sp³-hybridized carbons (Fsp3) is 0. The average Bonchev–Trinajstić information content (AvgIpc) is 0.722. The van der Waals surface area contributed by atoms with Crippen LogP contribution in [0.1, 0.15) is 0 Å². The summed E-state index contributed by atoms with van der Waals surface area (Å²) in [7, 11) is -5.39. The largest absolute Gasteiger partial charge is 3.00 e. The van der Waals surface area contributed by atoms with Crippen molar-refractivity contribution in [3.05, 3.63) is 0 Å². The second kappa shape index (κ2) is 3.25. The van der Waals surface area contributed by atoms with Gasteiger partial charge in [0, 0.05) is 0 Å². The predicted molar refractivity (Wildman–Crippen MR) is 7.61 cm³/mol. The summed E-state index contributed by atoms with van der Waals surface area (Å²) < 4.78 is 8.55. The fourth-order valence-corrected chi connectivity index (χ4v) is 0. The Hall–Kier alpha value is 1.21. The van der Waals surface area contributed by atoms with Crippen molar-refractivity contribution in [2.75, 3.05) is 0 Å². The van der Waals surface area contributed by atoms with E-state index in [2.05, 4.69) is 0 Å². The van der Waals surface area contributed by atoms with Gasteiger partial charge in [-0.2, -0.15) is 7.82 Å². The number of rotatable bonds is 0. The maximum absolute atomic E-state index is 8.55. The average molecular weight is 185 g/mol. The van der Waals surface area contributed by atoms with Crippen LogP contribution in [0.5, 0.6) is 0 Å². The monoisotopic (exact) mass is 185 g/mol. The molecule has 0 fully saturated rings. The summed E-state index contributed by atoms with van der Waals surface area (Å²) in [6.07, 6.45) is 0. The maximum Gasteiger partial charge on any atom is 3.00 e. The molecule has 6 heavy (non-hydrogen) atoms. The summed E-state index contributed by atoms with van der Waals surface area (Å²) in [6, 6.07) is 0. The molecule has 0 aromatic rings. The van der Waals surface area contributed by atoms with Crippen LogP contribution >= 0.6 is 7.82 Å². The first-order valence-corrected chi connectivity index (χ1v) is 2.19. The Balaban J connectivity index is 0. The van der Waals surface area contributed by atoms with E-state index in [9.17, 15) is 0 Å². The van der Waals surface area contributed by atoms with E-state index in [0.29, 0.717) is 0 Å². The van der Waals surface area contributed by atoms with Crippen LogP contribution in [-0.4, -0.2) is 0 Å². The first kappa shape index (κ1) is 10.2. The van der Waals surface area contributed by atoms with Gasteiger partial charge in [-0.05, 0) is 0 Å². The third-order valence-electron chi connectivity index (χ3n) is 0. The van der Waals surface area contributed by atoms with E-state index in [0.717, 1.165) is 0 Å². The van der Waals surface area contributed by atoms with E-state index < -0.39 is 7.82 Å². The Bertz CT molecular complexity index is 53.7. The van der Waals surface area contributed by atoms with Crippen LogP contribution in [0.2, 0.25) is 0 Å². The number of hydrogen-bond acceptors (Lipinski definition) is 4. The van der Waals surface area contributed by atoms with Gasteiger partial charge in [0.2, 0.25) is 0 Å². The number of phosphoric acid groups is 1. The molecule has 0 rings (SSSR count). The summed E-state index contributed by atoms with van der Waals surface area (Å²) in [5.74, 6) is 0. The van der Waals surface area contributed by atoms with Crippen LogP contribution in [0, 0.1) is 0 Å². The first-order valence-electron chi connectivity index (χ1n) is 0.730. The van der Waals surface area contributed by atoms with Gasteiger partial charge in [0.25, 0.3) is 0 Å². The van der Waals surface area contributed by atoms with Crippen LogP contribution in [0.4, 0.5) is 0 Å². The molecule has 0 aliphatic heterocycles. The Morgan fingerprint density at radius 1 is 1.17 bits per heavy atom. The smallest absolute Gasteiger partial charge is 0.822 e. The van der Waals surface area contributed by atoms with Gasteiger partial charge in [-0.25, -0.2) is 0 Å². The van der Waals surface area contributed by atoms with Crippen molar-refractivity contribution in [3.8, 4) is 0 Å². The van der Waals surface area contributed by atoms with Crippen LogP contribution < -0.4 is 14.7 Å². The molecule has 0 heterocycles. The second-order valence-electron chi connectivity index (χ2n) is 0.447. The molecule has 32 valence electrons. The minimum Gasteiger partial charge on any atom is -0.822 e. The molecule has 0 aromatic carbocycles. The third kappa shape index (κ3) is 62.8. The summed E-state index contributed by atoms with van der Waals surface area (Å²) in [4.78, 5) is 25.6. The van der Waals surface area contributed by atoms with Crippen LogP contribution in [0.3, 0.4) is 0 Å². The summed E-state index contributed by atoms with van der Waals surface area (Å²) in [5.41, 5.74) is 0. The molecule has 4 nitrogen and oxygen atoms in total. The topological polar surface area (TPSA) is 86.2 Å². The molecule has 0 aliphatic rings. The zero-order valence-corrected chi connectivity index (χ0v) is 6.39. The molecular weight excluding hydrogens is 185 g/mol. The molecule has 0 amide bonds. The molecule has 0 saturated carbocycles. The quantitative estimate of drug-likeness (QED) is 0.380. The van der Waals surface area contributed by atoms with E-state index in [-0.39, 0.29) is 32.7 Å². The molecule has 0 aliphatic carbocycles. The zero-order valence-electron chi connectivity index (χ0n) is 2.66. The van der Waals surface area contributed by atoms with Crippen molar-refractivity contribution in [2.45, 2.75) is 0 Å². The molecule has 0 aromatic heterocycles. The Morgan fingerprint density at radius 3 is 1.17 bits per heavy atom. The Morgan fingerprint density at radius 2 is 1.17 bits per heavy atom. The van der Waals surface area contributed by atoms with E-state index in [4.69, 9.17) is 19.2 Å². The Kier molecular flexibility index (Phi) is 5.54. The van der Waals surface area contributed by atoms with Crippen molar-refractivity contribution in [1.82, 2.24) is 0 Å². The molecule has 0 saturated heterocycles. The van der Waals surface area contributed by atoms with Gasteiger partial charge >= 0.3 is 32.7 Å². The maximum atomic E-state index is 8.55. The molecule has 0 atom stereocenters. The molecule has 0 bridgehead atoms. The van der Waals surface area contributed by atoms with Gasteiger partial charge in [0.15, 0.2) is 0 Å². The molecule has 0 unspecified atom stereocenters.